The number of hydrogen-bond donors (Lipinski definition) is 1. The summed E-state index contributed by atoms with van der Waals surface area (Å²) in [6.45, 7) is 3.16. The van der Waals surface area contributed by atoms with Gasteiger partial charge in [0.05, 0.1) is 6.04 Å². The third kappa shape index (κ3) is 4.17. The average molecular weight is 288 g/mol. The number of likely N-dealkylation sites (N-methyl/N-ethyl adjacent to an activating group) is 1. The van der Waals surface area contributed by atoms with E-state index in [1.54, 1.807) is 11.3 Å². The summed E-state index contributed by atoms with van der Waals surface area (Å²) in [5, 5.41) is 4.34. The Morgan fingerprint density at radius 3 is 2.55 bits per heavy atom. The van der Waals surface area contributed by atoms with Crippen LogP contribution < -0.4 is 5.73 Å². The molecule has 0 aliphatic rings. The second kappa shape index (κ2) is 7.58. The molecule has 1 aromatic heterocycles. The molecule has 0 fully saturated rings. The molecule has 0 bridgehead atoms. The Bertz CT molecular complexity index is 479. The zero-order valence-electron chi connectivity index (χ0n) is 12.3. The van der Waals surface area contributed by atoms with Crippen molar-refractivity contribution < 1.29 is 0 Å². The van der Waals surface area contributed by atoms with Crippen molar-refractivity contribution in [2.75, 3.05) is 13.6 Å². The molecule has 3 heteroatoms. The van der Waals surface area contributed by atoms with Gasteiger partial charge in [-0.3, -0.25) is 4.90 Å². The maximum absolute atomic E-state index is 6.17. The lowest BCUT2D eigenvalue weighted by molar-refractivity contribution is 0.217. The Kier molecular flexibility index (Phi) is 5.77. The van der Waals surface area contributed by atoms with Gasteiger partial charge in [-0.05, 0) is 61.3 Å². The zero-order chi connectivity index (χ0) is 14.4. The summed E-state index contributed by atoms with van der Waals surface area (Å²) in [5.41, 5.74) is 8.93. The molecule has 0 radical (unpaired) electrons. The number of benzene rings is 1. The van der Waals surface area contributed by atoms with Crippen molar-refractivity contribution in [3.8, 4) is 0 Å². The van der Waals surface area contributed by atoms with Crippen molar-refractivity contribution in [2.24, 2.45) is 5.73 Å². The zero-order valence-corrected chi connectivity index (χ0v) is 13.1. The van der Waals surface area contributed by atoms with E-state index in [1.807, 2.05) is 0 Å². The largest absolute Gasteiger partial charge is 0.326 e. The van der Waals surface area contributed by atoms with Crippen molar-refractivity contribution >= 4 is 11.3 Å². The summed E-state index contributed by atoms with van der Waals surface area (Å²) in [7, 11) is 2.18. The minimum absolute atomic E-state index is 0.145. The molecule has 2 unspecified atom stereocenters. The third-order valence-corrected chi connectivity index (χ3v) is 4.38. The molecule has 2 aromatic rings. The summed E-state index contributed by atoms with van der Waals surface area (Å²) < 4.78 is 0. The lowest BCUT2D eigenvalue weighted by atomic mass is 10.0. The molecule has 0 aliphatic heterocycles. The van der Waals surface area contributed by atoms with Gasteiger partial charge >= 0.3 is 0 Å². The van der Waals surface area contributed by atoms with Gasteiger partial charge in [0, 0.05) is 6.04 Å². The van der Waals surface area contributed by atoms with E-state index in [1.165, 1.54) is 11.1 Å². The van der Waals surface area contributed by atoms with E-state index in [0.29, 0.717) is 6.04 Å². The first kappa shape index (κ1) is 15.2. The summed E-state index contributed by atoms with van der Waals surface area (Å²) in [6.07, 6.45) is 2.29. The van der Waals surface area contributed by atoms with E-state index < -0.39 is 0 Å². The second-order valence-electron chi connectivity index (χ2n) is 5.43. The Morgan fingerprint density at radius 2 is 1.95 bits per heavy atom. The molecule has 2 atom stereocenters. The SMILES string of the molecule is CC(N)C(c1ccsc1)N(C)CCCc1ccccc1. The van der Waals surface area contributed by atoms with Crippen LogP contribution in [-0.4, -0.2) is 24.5 Å². The Morgan fingerprint density at radius 1 is 1.20 bits per heavy atom. The molecule has 0 amide bonds. The minimum Gasteiger partial charge on any atom is -0.326 e. The highest BCUT2D eigenvalue weighted by atomic mass is 32.1. The van der Waals surface area contributed by atoms with Crippen LogP contribution in [0.25, 0.3) is 0 Å². The predicted octanol–water partition coefficient (Wildman–Crippen LogP) is 3.70. The van der Waals surface area contributed by atoms with Gasteiger partial charge in [0.1, 0.15) is 0 Å². The fourth-order valence-corrected chi connectivity index (χ4v) is 3.41. The smallest absolute Gasteiger partial charge is 0.0501 e. The van der Waals surface area contributed by atoms with Crippen molar-refractivity contribution in [1.29, 1.82) is 0 Å². The van der Waals surface area contributed by atoms with Gasteiger partial charge in [0.2, 0.25) is 0 Å². The van der Waals surface area contributed by atoms with E-state index in [-0.39, 0.29) is 6.04 Å². The molecular formula is C17H24N2S. The number of rotatable bonds is 7. The fourth-order valence-electron chi connectivity index (χ4n) is 2.72. The number of hydrogen-bond acceptors (Lipinski definition) is 3. The first-order valence-corrected chi connectivity index (χ1v) is 8.14. The van der Waals surface area contributed by atoms with Crippen molar-refractivity contribution in [1.82, 2.24) is 4.90 Å². The summed E-state index contributed by atoms with van der Waals surface area (Å²) in [6, 6.07) is 13.3. The van der Waals surface area contributed by atoms with Gasteiger partial charge in [-0.2, -0.15) is 11.3 Å². The second-order valence-corrected chi connectivity index (χ2v) is 6.21. The minimum atomic E-state index is 0.145. The van der Waals surface area contributed by atoms with Crippen molar-refractivity contribution in [2.45, 2.75) is 31.8 Å². The van der Waals surface area contributed by atoms with Crippen LogP contribution in [0.3, 0.4) is 0 Å². The molecular weight excluding hydrogens is 264 g/mol. The molecule has 108 valence electrons. The summed E-state index contributed by atoms with van der Waals surface area (Å²) in [4.78, 5) is 2.38. The average Bonchev–Trinajstić information content (AvgIpc) is 2.93. The van der Waals surface area contributed by atoms with Gasteiger partial charge in [0.15, 0.2) is 0 Å². The van der Waals surface area contributed by atoms with Crippen LogP contribution >= 0.6 is 11.3 Å². The van der Waals surface area contributed by atoms with Crippen LogP contribution in [0, 0.1) is 0 Å². The number of thiophene rings is 1. The van der Waals surface area contributed by atoms with Crippen molar-refractivity contribution in [3.05, 3.63) is 58.3 Å². The van der Waals surface area contributed by atoms with Crippen LogP contribution in [0.4, 0.5) is 0 Å². The lowest BCUT2D eigenvalue weighted by Crippen LogP contribution is -2.37. The predicted molar refractivity (Wildman–Crippen MR) is 88.1 cm³/mol. The molecule has 2 N–H and O–H groups in total. The van der Waals surface area contributed by atoms with Gasteiger partial charge in [-0.15, -0.1) is 0 Å². The molecule has 0 saturated carbocycles. The molecule has 1 heterocycles. The monoisotopic (exact) mass is 288 g/mol. The number of nitrogens with two attached hydrogens (primary N) is 1. The van der Waals surface area contributed by atoms with Crippen LogP contribution in [0.15, 0.2) is 47.2 Å². The Hall–Kier alpha value is -1.16. The van der Waals surface area contributed by atoms with Gasteiger partial charge in [-0.1, -0.05) is 30.3 Å². The first-order chi connectivity index (χ1) is 9.68. The van der Waals surface area contributed by atoms with E-state index in [4.69, 9.17) is 5.73 Å². The highest BCUT2D eigenvalue weighted by molar-refractivity contribution is 7.07. The quantitative estimate of drug-likeness (QED) is 0.841. The van der Waals surface area contributed by atoms with Gasteiger partial charge in [-0.25, -0.2) is 0 Å². The van der Waals surface area contributed by atoms with E-state index >= 15 is 0 Å². The molecule has 0 aliphatic carbocycles. The van der Waals surface area contributed by atoms with E-state index in [0.717, 1.165) is 19.4 Å². The van der Waals surface area contributed by atoms with Crippen LogP contribution in [0.2, 0.25) is 0 Å². The van der Waals surface area contributed by atoms with Crippen molar-refractivity contribution in [3.63, 3.8) is 0 Å². The van der Waals surface area contributed by atoms with E-state index in [9.17, 15) is 0 Å². The lowest BCUT2D eigenvalue weighted by Gasteiger charge is -2.30. The molecule has 0 spiro atoms. The maximum atomic E-state index is 6.17. The van der Waals surface area contributed by atoms with Crippen LogP contribution in [0.5, 0.6) is 0 Å². The fraction of sp³-hybridized carbons (Fsp3) is 0.412. The van der Waals surface area contributed by atoms with E-state index in [2.05, 4.69) is 66.0 Å². The molecule has 1 aromatic carbocycles. The molecule has 2 nitrogen and oxygen atoms in total. The summed E-state index contributed by atoms with van der Waals surface area (Å²) >= 11 is 1.74. The van der Waals surface area contributed by atoms with Crippen LogP contribution in [0.1, 0.15) is 30.5 Å². The highest BCUT2D eigenvalue weighted by Crippen LogP contribution is 2.24. The molecule has 2 rings (SSSR count). The highest BCUT2D eigenvalue weighted by Gasteiger charge is 2.20. The standard InChI is InChI=1S/C17H24N2S/c1-14(18)17(16-10-12-20-13-16)19(2)11-6-9-15-7-4-3-5-8-15/h3-5,7-8,10,12-14,17H,6,9,11,18H2,1-2H3. The third-order valence-electron chi connectivity index (χ3n) is 3.68. The number of aryl methyl sites for hydroxylation is 1. The van der Waals surface area contributed by atoms with Gasteiger partial charge < -0.3 is 5.73 Å². The summed E-state index contributed by atoms with van der Waals surface area (Å²) in [5.74, 6) is 0. The normalized spacial score (nSPS) is 14.4. The van der Waals surface area contributed by atoms with Gasteiger partial charge in [0.25, 0.3) is 0 Å². The Labute approximate surface area is 126 Å². The molecule has 20 heavy (non-hydrogen) atoms. The maximum Gasteiger partial charge on any atom is 0.0501 e. The molecule has 0 saturated heterocycles. The topological polar surface area (TPSA) is 29.3 Å². The first-order valence-electron chi connectivity index (χ1n) is 7.20. The Balaban J connectivity index is 1.88. The number of nitrogens with zero attached hydrogens (tertiary/aromatic N) is 1. The van der Waals surface area contributed by atoms with Crippen LogP contribution in [-0.2, 0) is 6.42 Å².